The van der Waals surface area contributed by atoms with Gasteiger partial charge in [-0.05, 0) is 33.1 Å². The van der Waals surface area contributed by atoms with Crippen LogP contribution in [-0.4, -0.2) is 21.3 Å². The van der Waals surface area contributed by atoms with Crippen molar-refractivity contribution in [3.8, 4) is 0 Å². The molecule has 2 N–H and O–H groups in total. The Morgan fingerprint density at radius 3 is 1.79 bits per heavy atom. The molecule has 0 aliphatic rings. The normalized spacial score (nSPS) is 15.3. The zero-order valence-electron chi connectivity index (χ0n) is 13.5. The van der Waals surface area contributed by atoms with Gasteiger partial charge in [0.1, 0.15) is 4.93 Å². The Labute approximate surface area is 126 Å². The molecule has 0 spiro atoms. The number of hydrogen-bond donors (Lipinski definition) is 3. The largest absolute Gasteiger partial charge is 0.393 e. The van der Waals surface area contributed by atoms with Gasteiger partial charge in [-0.2, -0.15) is 0 Å². The molecule has 0 aromatic rings. The van der Waals surface area contributed by atoms with Crippen LogP contribution in [0.25, 0.3) is 0 Å². The maximum Gasteiger partial charge on any atom is 0.104 e. The molecule has 0 bridgehead atoms. The highest BCUT2D eigenvalue weighted by Gasteiger charge is 2.11. The van der Waals surface area contributed by atoms with Crippen LogP contribution in [0.15, 0.2) is 0 Å². The first-order valence-corrected chi connectivity index (χ1v) is 8.41. The molecule has 0 aliphatic carbocycles. The van der Waals surface area contributed by atoms with Crippen LogP contribution in [0.1, 0.15) is 91.9 Å². The van der Waals surface area contributed by atoms with E-state index in [9.17, 15) is 5.11 Å². The molecule has 2 unspecified atom stereocenters. The van der Waals surface area contributed by atoms with E-state index in [0.29, 0.717) is 0 Å². The minimum Gasteiger partial charge on any atom is -0.393 e. The molecule has 3 heteroatoms. The first kappa shape index (κ1) is 21.6. The van der Waals surface area contributed by atoms with Gasteiger partial charge < -0.3 is 10.2 Å². The molecule has 0 amide bonds. The minimum absolute atomic E-state index is 0.0955. The van der Waals surface area contributed by atoms with Gasteiger partial charge in [0.15, 0.2) is 0 Å². The van der Waals surface area contributed by atoms with Crippen molar-refractivity contribution in [3.05, 3.63) is 0 Å². The van der Waals surface area contributed by atoms with Crippen molar-refractivity contribution in [1.29, 1.82) is 0 Å². The van der Waals surface area contributed by atoms with Crippen molar-refractivity contribution in [3.63, 3.8) is 0 Å². The molecule has 0 rings (SSSR count). The Morgan fingerprint density at radius 1 is 0.947 bits per heavy atom. The van der Waals surface area contributed by atoms with Crippen molar-refractivity contribution in [2.24, 2.45) is 0 Å². The lowest BCUT2D eigenvalue weighted by Crippen LogP contribution is -2.13. The van der Waals surface area contributed by atoms with Gasteiger partial charge in [-0.3, -0.25) is 0 Å². The smallest absolute Gasteiger partial charge is 0.104 e. The number of unbranched alkanes of at least 4 members (excludes halogenated alkanes) is 6. The van der Waals surface area contributed by atoms with Crippen LogP contribution in [0, 0.1) is 0 Å². The highest BCUT2D eigenvalue weighted by molar-refractivity contribution is 7.81. The fourth-order valence-corrected chi connectivity index (χ4v) is 1.91. The number of rotatable bonds is 10. The maximum atomic E-state index is 9.18. The molecular formula is C16H36O2S. The van der Waals surface area contributed by atoms with Crippen molar-refractivity contribution in [2.75, 3.05) is 0 Å². The monoisotopic (exact) mass is 292 g/mol. The molecule has 0 aromatic carbocycles. The molecule has 0 saturated carbocycles. The van der Waals surface area contributed by atoms with Gasteiger partial charge in [0.25, 0.3) is 0 Å². The molecule has 0 fully saturated rings. The summed E-state index contributed by atoms with van der Waals surface area (Å²) in [5, 5.41) is 18.0. The molecule has 118 valence electrons. The second-order valence-corrected chi connectivity index (χ2v) is 6.69. The fraction of sp³-hybridized carbons (Fsp3) is 1.00. The third-order valence-corrected chi connectivity index (χ3v) is 3.20. The van der Waals surface area contributed by atoms with E-state index in [4.69, 9.17) is 5.11 Å². The summed E-state index contributed by atoms with van der Waals surface area (Å²) in [7, 11) is 0. The lowest BCUT2D eigenvalue weighted by atomic mass is 10.1. The van der Waals surface area contributed by atoms with Crippen LogP contribution >= 0.6 is 12.6 Å². The summed E-state index contributed by atoms with van der Waals surface area (Å²) in [5.41, 5.74) is 0. The van der Waals surface area contributed by atoms with Gasteiger partial charge >= 0.3 is 0 Å². The number of aliphatic hydroxyl groups is 2. The average Bonchev–Trinajstić information content (AvgIpc) is 2.30. The van der Waals surface area contributed by atoms with Gasteiger partial charge in [-0.1, -0.05) is 58.8 Å². The Bertz CT molecular complexity index is 165. The number of thiol groups is 1. The molecule has 2 atom stereocenters. The quantitative estimate of drug-likeness (QED) is 0.303. The summed E-state index contributed by atoms with van der Waals surface area (Å²) >= 11 is 4.01. The van der Waals surface area contributed by atoms with Gasteiger partial charge in [-0.15, -0.1) is 12.6 Å². The second kappa shape index (κ2) is 14.7. The van der Waals surface area contributed by atoms with Crippen LogP contribution in [0.4, 0.5) is 0 Å². The average molecular weight is 293 g/mol. The summed E-state index contributed by atoms with van der Waals surface area (Å²) in [4.78, 5) is -0.756. The van der Waals surface area contributed by atoms with Crippen LogP contribution in [0.2, 0.25) is 0 Å². The van der Waals surface area contributed by atoms with Gasteiger partial charge in [0.2, 0.25) is 0 Å². The summed E-state index contributed by atoms with van der Waals surface area (Å²) in [5.74, 6) is 0. The molecule has 0 saturated heterocycles. The van der Waals surface area contributed by atoms with E-state index in [2.05, 4.69) is 26.5 Å². The van der Waals surface area contributed by atoms with Crippen LogP contribution < -0.4 is 0 Å². The first-order valence-electron chi connectivity index (χ1n) is 7.96. The molecule has 0 heterocycles. The molecule has 0 radical (unpaired) electrons. The Morgan fingerprint density at radius 2 is 1.42 bits per heavy atom. The minimum atomic E-state index is -0.756. The highest BCUT2D eigenvalue weighted by atomic mass is 32.1. The zero-order chi connectivity index (χ0) is 15.1. The SMILES string of the molecule is CCCCCCC(C)(O)S.CCCCCCC(C)O. The van der Waals surface area contributed by atoms with E-state index in [0.717, 1.165) is 19.3 Å². The molecule has 0 aliphatic heterocycles. The molecule has 2 nitrogen and oxygen atoms in total. The maximum absolute atomic E-state index is 9.18. The van der Waals surface area contributed by atoms with E-state index < -0.39 is 4.93 Å². The van der Waals surface area contributed by atoms with Crippen LogP contribution in [0.3, 0.4) is 0 Å². The second-order valence-electron chi connectivity index (χ2n) is 5.73. The van der Waals surface area contributed by atoms with E-state index >= 15 is 0 Å². The Hall–Kier alpha value is 0.270. The third-order valence-electron chi connectivity index (χ3n) is 2.98. The molecule has 19 heavy (non-hydrogen) atoms. The number of aliphatic hydroxyl groups excluding tert-OH is 1. The van der Waals surface area contributed by atoms with Crippen molar-refractivity contribution in [1.82, 2.24) is 0 Å². The molecule has 0 aromatic heterocycles. The van der Waals surface area contributed by atoms with E-state index in [1.807, 2.05) is 6.92 Å². The molecular weight excluding hydrogens is 256 g/mol. The zero-order valence-corrected chi connectivity index (χ0v) is 14.4. The van der Waals surface area contributed by atoms with Gasteiger partial charge in [0, 0.05) is 0 Å². The lowest BCUT2D eigenvalue weighted by molar-refractivity contribution is 0.146. The fourth-order valence-electron chi connectivity index (χ4n) is 1.75. The summed E-state index contributed by atoms with van der Waals surface area (Å²) in [6.45, 7) is 7.97. The van der Waals surface area contributed by atoms with Crippen LogP contribution in [0.5, 0.6) is 0 Å². The Kier molecular flexibility index (Phi) is 16.7. The summed E-state index contributed by atoms with van der Waals surface area (Å²) < 4.78 is 0. The van der Waals surface area contributed by atoms with E-state index in [-0.39, 0.29) is 6.10 Å². The first-order chi connectivity index (χ1) is 8.83. The predicted molar refractivity (Wildman–Crippen MR) is 88.8 cm³/mol. The highest BCUT2D eigenvalue weighted by Crippen LogP contribution is 2.17. The number of hydrogen-bond acceptors (Lipinski definition) is 3. The van der Waals surface area contributed by atoms with Crippen molar-refractivity contribution in [2.45, 2.75) is 103 Å². The summed E-state index contributed by atoms with van der Waals surface area (Å²) in [6.07, 6.45) is 11.5. The standard InChI is InChI=1S/C8H18OS.C8H18O/c1-3-4-5-6-7-8(2,9)10;1-3-4-5-6-7-8(2)9/h9-10H,3-7H2,1-2H3;8-9H,3-7H2,1-2H3. The third kappa shape index (κ3) is 27.5. The van der Waals surface area contributed by atoms with Crippen molar-refractivity contribution < 1.29 is 10.2 Å². The topological polar surface area (TPSA) is 40.5 Å². The lowest BCUT2D eigenvalue weighted by Gasteiger charge is -2.14. The van der Waals surface area contributed by atoms with Gasteiger partial charge in [0.05, 0.1) is 6.10 Å². The summed E-state index contributed by atoms with van der Waals surface area (Å²) in [6, 6.07) is 0. The van der Waals surface area contributed by atoms with Crippen molar-refractivity contribution >= 4 is 12.6 Å². The van der Waals surface area contributed by atoms with E-state index in [1.165, 1.54) is 44.9 Å². The van der Waals surface area contributed by atoms with E-state index in [1.54, 1.807) is 6.92 Å². The van der Waals surface area contributed by atoms with Gasteiger partial charge in [-0.25, -0.2) is 0 Å². The van der Waals surface area contributed by atoms with Crippen LogP contribution in [-0.2, 0) is 0 Å². The predicted octanol–water partition coefficient (Wildman–Crippen LogP) is 4.93. The Balaban J connectivity index is 0.